The van der Waals surface area contributed by atoms with E-state index in [0.29, 0.717) is 16.8 Å². The zero-order chi connectivity index (χ0) is 25.5. The van der Waals surface area contributed by atoms with Gasteiger partial charge in [-0.05, 0) is 41.8 Å². The Hall–Kier alpha value is -5.40. The van der Waals surface area contributed by atoms with Crippen LogP contribution in [0.1, 0.15) is 11.3 Å². The number of H-pyrrole nitrogens is 1. The van der Waals surface area contributed by atoms with E-state index in [9.17, 15) is 4.79 Å². The van der Waals surface area contributed by atoms with Crippen LogP contribution in [0.5, 0.6) is 0 Å². The molecule has 178 valence electrons. The SMILES string of the molecule is O=c1c2c([nH]c3ccccc32)c(-c2ccccc2)c(C#Cc2ccccc2)n1-c1cccc2cccnc12. The molecule has 0 radical (unpaired) electrons. The Kier molecular flexibility index (Phi) is 5.13. The quantitative estimate of drug-likeness (QED) is 0.265. The number of pyridine rings is 2. The van der Waals surface area contributed by atoms with Crippen LogP contribution in [0.3, 0.4) is 0 Å². The summed E-state index contributed by atoms with van der Waals surface area (Å²) in [6.07, 6.45) is 1.76. The number of fused-ring (bicyclic) bond motifs is 4. The van der Waals surface area contributed by atoms with Crippen molar-refractivity contribution in [1.29, 1.82) is 0 Å². The van der Waals surface area contributed by atoms with Crippen LogP contribution in [-0.2, 0) is 0 Å². The minimum absolute atomic E-state index is 0.132. The van der Waals surface area contributed by atoms with Gasteiger partial charge in [0.2, 0.25) is 0 Å². The molecule has 0 bridgehead atoms. The number of nitrogens with zero attached hydrogens (tertiary/aromatic N) is 2. The summed E-state index contributed by atoms with van der Waals surface area (Å²) in [5, 5.41) is 2.48. The van der Waals surface area contributed by atoms with Crippen molar-refractivity contribution in [2.75, 3.05) is 0 Å². The molecule has 0 amide bonds. The van der Waals surface area contributed by atoms with Crippen molar-refractivity contribution >= 4 is 32.7 Å². The Labute approximate surface area is 218 Å². The Morgan fingerprint density at radius 3 is 2.29 bits per heavy atom. The highest BCUT2D eigenvalue weighted by Gasteiger charge is 2.23. The molecule has 0 fully saturated rings. The first-order valence-corrected chi connectivity index (χ1v) is 12.5. The normalized spacial score (nSPS) is 11.1. The second kappa shape index (κ2) is 8.92. The Morgan fingerprint density at radius 2 is 1.45 bits per heavy atom. The number of hydrogen-bond acceptors (Lipinski definition) is 2. The molecule has 3 aromatic heterocycles. The van der Waals surface area contributed by atoms with Crippen LogP contribution in [-0.4, -0.2) is 14.5 Å². The summed E-state index contributed by atoms with van der Waals surface area (Å²) in [6, 6.07) is 37.7. The lowest BCUT2D eigenvalue weighted by molar-refractivity contribution is 0.996. The zero-order valence-electron chi connectivity index (χ0n) is 20.3. The van der Waals surface area contributed by atoms with Crippen LogP contribution in [0.4, 0.5) is 0 Å². The second-order valence-electron chi connectivity index (χ2n) is 9.12. The van der Waals surface area contributed by atoms with Gasteiger partial charge in [-0.2, -0.15) is 0 Å². The predicted molar refractivity (Wildman–Crippen MR) is 155 cm³/mol. The molecule has 0 saturated heterocycles. The molecule has 1 N–H and O–H groups in total. The molecule has 0 aliphatic heterocycles. The fourth-order valence-corrected chi connectivity index (χ4v) is 5.15. The van der Waals surface area contributed by atoms with E-state index < -0.39 is 0 Å². The summed E-state index contributed by atoms with van der Waals surface area (Å²) < 4.78 is 1.75. The van der Waals surface area contributed by atoms with Gasteiger partial charge in [-0.1, -0.05) is 90.8 Å². The van der Waals surface area contributed by atoms with Crippen molar-refractivity contribution in [3.05, 3.63) is 143 Å². The highest BCUT2D eigenvalue weighted by molar-refractivity contribution is 6.12. The van der Waals surface area contributed by atoms with E-state index in [-0.39, 0.29) is 5.56 Å². The molecule has 7 rings (SSSR count). The van der Waals surface area contributed by atoms with Crippen molar-refractivity contribution in [2.24, 2.45) is 0 Å². The van der Waals surface area contributed by atoms with Crippen LogP contribution in [0.2, 0.25) is 0 Å². The van der Waals surface area contributed by atoms with Crippen LogP contribution >= 0.6 is 0 Å². The number of benzene rings is 4. The third-order valence-electron chi connectivity index (χ3n) is 6.85. The van der Waals surface area contributed by atoms with Gasteiger partial charge in [0.25, 0.3) is 5.56 Å². The van der Waals surface area contributed by atoms with Crippen molar-refractivity contribution in [2.45, 2.75) is 0 Å². The van der Waals surface area contributed by atoms with E-state index in [2.05, 4.69) is 33.9 Å². The van der Waals surface area contributed by atoms with Gasteiger partial charge in [-0.3, -0.25) is 14.3 Å². The van der Waals surface area contributed by atoms with Crippen LogP contribution in [0, 0.1) is 11.8 Å². The maximum atomic E-state index is 14.5. The lowest BCUT2D eigenvalue weighted by Gasteiger charge is -2.16. The smallest absolute Gasteiger partial charge is 0.266 e. The highest BCUT2D eigenvalue weighted by Crippen LogP contribution is 2.35. The molecule has 3 heterocycles. The maximum absolute atomic E-state index is 14.5. The van der Waals surface area contributed by atoms with Gasteiger partial charge in [0.15, 0.2) is 0 Å². The highest BCUT2D eigenvalue weighted by atomic mass is 16.1. The maximum Gasteiger partial charge on any atom is 0.266 e. The number of hydrogen-bond donors (Lipinski definition) is 1. The molecule has 0 unspecified atom stereocenters. The van der Waals surface area contributed by atoms with Gasteiger partial charge in [0.1, 0.15) is 5.69 Å². The summed E-state index contributed by atoms with van der Waals surface area (Å²) in [4.78, 5) is 22.7. The van der Waals surface area contributed by atoms with Gasteiger partial charge in [-0.15, -0.1) is 0 Å². The number of aromatic nitrogens is 3. The molecule has 0 aliphatic carbocycles. The van der Waals surface area contributed by atoms with E-state index in [1.54, 1.807) is 10.8 Å². The lowest BCUT2D eigenvalue weighted by atomic mass is 9.99. The molecule has 4 aromatic carbocycles. The molecular weight excluding hydrogens is 466 g/mol. The summed E-state index contributed by atoms with van der Waals surface area (Å²) in [5.41, 5.74) is 6.36. The van der Waals surface area contributed by atoms with Crippen LogP contribution in [0.25, 0.3) is 49.5 Å². The summed E-state index contributed by atoms with van der Waals surface area (Å²) in [7, 11) is 0. The molecular formula is C34H21N3O. The van der Waals surface area contributed by atoms with Gasteiger partial charge >= 0.3 is 0 Å². The Morgan fingerprint density at radius 1 is 0.711 bits per heavy atom. The molecule has 4 heteroatoms. The fraction of sp³-hybridized carbons (Fsp3) is 0. The standard InChI is InChI=1S/C34H21N3O/c38-34-31-26-17-7-8-18-27(26)36-33(31)30(24-13-5-2-6-14-24)28(21-20-23-11-3-1-4-12-23)37(34)29-19-9-15-25-16-10-22-35-32(25)29/h1-19,22,36H. The Balaban J connectivity index is 1.71. The minimum atomic E-state index is -0.132. The molecule has 0 saturated carbocycles. The van der Waals surface area contributed by atoms with E-state index in [1.807, 2.05) is 103 Å². The molecule has 0 aliphatic rings. The van der Waals surface area contributed by atoms with Crippen molar-refractivity contribution in [3.63, 3.8) is 0 Å². The first kappa shape index (κ1) is 21.8. The Bertz CT molecular complexity index is 2090. The minimum Gasteiger partial charge on any atom is -0.354 e. The predicted octanol–water partition coefficient (Wildman–Crippen LogP) is 7.09. The van der Waals surface area contributed by atoms with Crippen molar-refractivity contribution < 1.29 is 0 Å². The van der Waals surface area contributed by atoms with Crippen LogP contribution in [0.15, 0.2) is 126 Å². The zero-order valence-corrected chi connectivity index (χ0v) is 20.3. The number of aromatic amines is 1. The van der Waals surface area contributed by atoms with Gasteiger partial charge in [0.05, 0.1) is 22.1 Å². The molecule has 0 spiro atoms. The number of nitrogens with one attached hydrogen (secondary N) is 1. The van der Waals surface area contributed by atoms with Crippen molar-refractivity contribution in [3.8, 4) is 28.7 Å². The third kappa shape index (κ3) is 3.49. The first-order chi connectivity index (χ1) is 18.8. The van der Waals surface area contributed by atoms with E-state index >= 15 is 0 Å². The average molecular weight is 488 g/mol. The number of rotatable bonds is 2. The average Bonchev–Trinajstić information content (AvgIpc) is 3.37. The second-order valence-corrected chi connectivity index (χ2v) is 9.12. The summed E-state index contributed by atoms with van der Waals surface area (Å²) in [5.74, 6) is 6.71. The molecule has 38 heavy (non-hydrogen) atoms. The van der Waals surface area contributed by atoms with E-state index in [4.69, 9.17) is 0 Å². The van der Waals surface area contributed by atoms with Gasteiger partial charge in [-0.25, -0.2) is 0 Å². The monoisotopic (exact) mass is 487 g/mol. The largest absolute Gasteiger partial charge is 0.354 e. The molecule has 4 nitrogen and oxygen atoms in total. The summed E-state index contributed by atoms with van der Waals surface area (Å²) in [6.45, 7) is 0. The molecule has 0 atom stereocenters. The fourth-order valence-electron chi connectivity index (χ4n) is 5.15. The van der Waals surface area contributed by atoms with E-state index in [0.717, 1.165) is 44.0 Å². The van der Waals surface area contributed by atoms with Gasteiger partial charge in [0, 0.05) is 33.6 Å². The van der Waals surface area contributed by atoms with Crippen LogP contribution < -0.4 is 5.56 Å². The third-order valence-corrected chi connectivity index (χ3v) is 6.85. The lowest BCUT2D eigenvalue weighted by Crippen LogP contribution is -2.22. The summed E-state index contributed by atoms with van der Waals surface area (Å²) >= 11 is 0. The first-order valence-electron chi connectivity index (χ1n) is 12.5. The van der Waals surface area contributed by atoms with Crippen molar-refractivity contribution in [1.82, 2.24) is 14.5 Å². The number of para-hydroxylation sites is 2. The van der Waals surface area contributed by atoms with Gasteiger partial charge < -0.3 is 4.98 Å². The molecule has 7 aromatic rings. The van der Waals surface area contributed by atoms with E-state index in [1.165, 1.54) is 0 Å². The topological polar surface area (TPSA) is 50.7 Å².